The average Bonchev–Trinajstić information content (AvgIpc) is 3.39. The molecule has 0 spiro atoms. The first-order valence-electron chi connectivity index (χ1n) is 9.36. The molecule has 0 atom stereocenters. The number of carbonyl (C=O) groups excluding carboxylic acids is 1. The van der Waals surface area contributed by atoms with Crippen molar-refractivity contribution in [1.29, 1.82) is 0 Å². The Labute approximate surface area is 168 Å². The molecule has 0 N–H and O–H groups in total. The first-order valence-corrected chi connectivity index (χ1v) is 9.36. The van der Waals surface area contributed by atoms with E-state index >= 15 is 0 Å². The Kier molecular flexibility index (Phi) is 5.52. The number of aromatic nitrogens is 2. The summed E-state index contributed by atoms with van der Waals surface area (Å²) in [6, 6.07) is 19.3. The van der Waals surface area contributed by atoms with Crippen molar-refractivity contribution in [1.82, 2.24) is 9.97 Å². The van der Waals surface area contributed by atoms with Crippen molar-refractivity contribution in [3.63, 3.8) is 0 Å². The summed E-state index contributed by atoms with van der Waals surface area (Å²) in [4.78, 5) is 20.8. The molecule has 4 rings (SSSR count). The van der Waals surface area contributed by atoms with Gasteiger partial charge in [-0.15, -0.1) is 0 Å². The second kappa shape index (κ2) is 8.56. The molecule has 0 unspecified atom stereocenters. The molecule has 6 heteroatoms. The Morgan fingerprint density at radius 1 is 0.966 bits per heavy atom. The highest BCUT2D eigenvalue weighted by Crippen LogP contribution is 2.22. The van der Waals surface area contributed by atoms with Crippen LogP contribution in [0.2, 0.25) is 0 Å². The van der Waals surface area contributed by atoms with E-state index in [1.807, 2.05) is 60.7 Å². The summed E-state index contributed by atoms with van der Waals surface area (Å²) in [7, 11) is 0. The lowest BCUT2D eigenvalue weighted by atomic mass is 10.2. The van der Waals surface area contributed by atoms with Crippen molar-refractivity contribution < 1.29 is 18.4 Å². The second-order valence-corrected chi connectivity index (χ2v) is 6.53. The first-order chi connectivity index (χ1) is 14.2. The second-order valence-electron chi connectivity index (χ2n) is 6.53. The highest BCUT2D eigenvalue weighted by atomic mass is 16.5. The van der Waals surface area contributed by atoms with Crippen LogP contribution in [-0.4, -0.2) is 15.9 Å². The quantitative estimate of drug-likeness (QED) is 0.416. The van der Waals surface area contributed by atoms with Crippen LogP contribution >= 0.6 is 0 Å². The van der Waals surface area contributed by atoms with Crippen molar-refractivity contribution in [3.05, 3.63) is 84.2 Å². The molecule has 0 saturated carbocycles. The van der Waals surface area contributed by atoms with Gasteiger partial charge in [0.05, 0.1) is 12.6 Å². The molecule has 4 aromatic rings. The summed E-state index contributed by atoms with van der Waals surface area (Å²) >= 11 is 0. The number of hydrogen-bond acceptors (Lipinski definition) is 6. The number of nitrogens with zero attached hydrogens (tertiary/aromatic N) is 2. The van der Waals surface area contributed by atoms with Crippen LogP contribution in [0.15, 0.2) is 75.7 Å². The maximum absolute atomic E-state index is 12.1. The van der Waals surface area contributed by atoms with Crippen molar-refractivity contribution in [2.24, 2.45) is 0 Å². The van der Waals surface area contributed by atoms with Crippen molar-refractivity contribution in [3.8, 4) is 22.8 Å². The molecule has 2 aromatic heterocycles. The number of aryl methyl sites for hydroxylation is 2. The van der Waals surface area contributed by atoms with Crippen LogP contribution in [-0.2, 0) is 22.6 Å². The Morgan fingerprint density at radius 3 is 2.38 bits per heavy atom. The standard InChI is InChI=1S/C23H20N2O4/c1-16-19(25-23(28-16)18-10-6-3-7-11-18)15-27-22(26)13-12-21-24-14-20(29-21)17-8-4-2-5-9-17/h2-11,14H,12-13,15H2,1H3. The number of esters is 1. The monoisotopic (exact) mass is 388 g/mol. The van der Waals surface area contributed by atoms with E-state index in [1.54, 1.807) is 13.1 Å². The van der Waals surface area contributed by atoms with Crippen LogP contribution in [0.1, 0.15) is 23.8 Å². The summed E-state index contributed by atoms with van der Waals surface area (Å²) in [6.07, 6.45) is 2.22. The van der Waals surface area contributed by atoms with Gasteiger partial charge in [-0.05, 0) is 19.1 Å². The van der Waals surface area contributed by atoms with E-state index < -0.39 is 0 Å². The molecule has 2 heterocycles. The molecule has 29 heavy (non-hydrogen) atoms. The Balaban J connectivity index is 1.30. The smallest absolute Gasteiger partial charge is 0.306 e. The van der Waals surface area contributed by atoms with Gasteiger partial charge in [0.25, 0.3) is 0 Å². The molecule has 0 aliphatic carbocycles. The number of oxazole rings is 2. The van der Waals surface area contributed by atoms with Gasteiger partial charge in [-0.3, -0.25) is 4.79 Å². The molecule has 0 fully saturated rings. The zero-order valence-electron chi connectivity index (χ0n) is 16.0. The molecule has 6 nitrogen and oxygen atoms in total. The molecule has 0 bridgehead atoms. The number of ether oxygens (including phenoxy) is 1. The first kappa shape index (κ1) is 18.7. The Morgan fingerprint density at radius 2 is 1.66 bits per heavy atom. The molecule has 146 valence electrons. The molecule has 0 radical (unpaired) electrons. The Hall–Kier alpha value is -3.67. The summed E-state index contributed by atoms with van der Waals surface area (Å²) < 4.78 is 16.7. The van der Waals surface area contributed by atoms with Crippen LogP contribution in [0, 0.1) is 6.92 Å². The lowest BCUT2D eigenvalue weighted by Gasteiger charge is -2.02. The average molecular weight is 388 g/mol. The minimum absolute atomic E-state index is 0.0713. The zero-order chi connectivity index (χ0) is 20.1. The fourth-order valence-electron chi connectivity index (χ4n) is 2.86. The van der Waals surface area contributed by atoms with Crippen LogP contribution < -0.4 is 0 Å². The fraction of sp³-hybridized carbons (Fsp3) is 0.174. The SMILES string of the molecule is Cc1oc(-c2ccccc2)nc1COC(=O)CCc1ncc(-c2ccccc2)o1. The van der Waals surface area contributed by atoms with Gasteiger partial charge >= 0.3 is 5.97 Å². The van der Waals surface area contributed by atoms with Crippen LogP contribution in [0.5, 0.6) is 0 Å². The molecule has 0 aliphatic rings. The molecule has 0 amide bonds. The number of carbonyl (C=O) groups is 1. The third-order valence-electron chi connectivity index (χ3n) is 4.44. The van der Waals surface area contributed by atoms with Gasteiger partial charge in [-0.2, -0.15) is 0 Å². The maximum Gasteiger partial charge on any atom is 0.306 e. The Bertz CT molecular complexity index is 1080. The maximum atomic E-state index is 12.1. The van der Waals surface area contributed by atoms with Gasteiger partial charge in [0.2, 0.25) is 5.89 Å². The molecule has 0 aliphatic heterocycles. The van der Waals surface area contributed by atoms with E-state index in [1.165, 1.54) is 0 Å². The van der Waals surface area contributed by atoms with Gasteiger partial charge < -0.3 is 13.6 Å². The summed E-state index contributed by atoms with van der Waals surface area (Å²) in [5.74, 6) is 2.00. The summed E-state index contributed by atoms with van der Waals surface area (Å²) in [6.45, 7) is 1.88. The fourth-order valence-corrected chi connectivity index (χ4v) is 2.86. The van der Waals surface area contributed by atoms with E-state index in [4.69, 9.17) is 13.6 Å². The third kappa shape index (κ3) is 4.60. The van der Waals surface area contributed by atoms with E-state index in [9.17, 15) is 4.79 Å². The minimum atomic E-state index is -0.340. The summed E-state index contributed by atoms with van der Waals surface area (Å²) in [5.41, 5.74) is 2.44. The molecule has 2 aromatic carbocycles. The van der Waals surface area contributed by atoms with Crippen LogP contribution in [0.3, 0.4) is 0 Å². The van der Waals surface area contributed by atoms with Crippen LogP contribution in [0.25, 0.3) is 22.8 Å². The lowest BCUT2D eigenvalue weighted by molar-refractivity contribution is -0.145. The molecular weight excluding hydrogens is 368 g/mol. The van der Waals surface area contributed by atoms with Crippen molar-refractivity contribution in [2.75, 3.05) is 0 Å². The van der Waals surface area contributed by atoms with Gasteiger partial charge in [0.1, 0.15) is 18.1 Å². The predicted octanol–water partition coefficient (Wildman–Crippen LogP) is 4.98. The van der Waals surface area contributed by atoms with Gasteiger partial charge in [0.15, 0.2) is 11.7 Å². The third-order valence-corrected chi connectivity index (χ3v) is 4.44. The predicted molar refractivity (Wildman–Crippen MR) is 107 cm³/mol. The van der Waals surface area contributed by atoms with Gasteiger partial charge in [-0.25, -0.2) is 9.97 Å². The highest BCUT2D eigenvalue weighted by Gasteiger charge is 2.14. The molecule has 0 saturated heterocycles. The van der Waals surface area contributed by atoms with E-state index in [0.29, 0.717) is 35.4 Å². The van der Waals surface area contributed by atoms with Crippen molar-refractivity contribution >= 4 is 5.97 Å². The zero-order valence-corrected chi connectivity index (χ0v) is 16.0. The highest BCUT2D eigenvalue weighted by molar-refractivity contribution is 5.69. The lowest BCUT2D eigenvalue weighted by Crippen LogP contribution is -2.06. The van der Waals surface area contributed by atoms with E-state index in [0.717, 1.165) is 11.1 Å². The van der Waals surface area contributed by atoms with Crippen molar-refractivity contribution in [2.45, 2.75) is 26.4 Å². The van der Waals surface area contributed by atoms with Gasteiger partial charge in [0, 0.05) is 17.5 Å². The normalized spacial score (nSPS) is 10.8. The van der Waals surface area contributed by atoms with Crippen LogP contribution in [0.4, 0.5) is 0 Å². The van der Waals surface area contributed by atoms with E-state index in [2.05, 4.69) is 9.97 Å². The topological polar surface area (TPSA) is 78.4 Å². The number of hydrogen-bond donors (Lipinski definition) is 0. The largest absolute Gasteiger partial charge is 0.459 e. The number of rotatable bonds is 7. The molecular formula is C23H20N2O4. The van der Waals surface area contributed by atoms with Gasteiger partial charge in [-0.1, -0.05) is 48.5 Å². The summed E-state index contributed by atoms with van der Waals surface area (Å²) in [5, 5.41) is 0. The minimum Gasteiger partial charge on any atom is -0.459 e. The number of benzene rings is 2. The van der Waals surface area contributed by atoms with E-state index in [-0.39, 0.29) is 19.0 Å².